The number of hydrogen-bond acceptors (Lipinski definition) is 4. The number of rotatable bonds is 10. The van der Waals surface area contributed by atoms with Gasteiger partial charge in [0.25, 0.3) is 5.91 Å². The van der Waals surface area contributed by atoms with Crippen LogP contribution in [0, 0.1) is 5.82 Å². The van der Waals surface area contributed by atoms with Crippen LogP contribution in [0.4, 0.5) is 4.39 Å². The number of aliphatic carboxylic acids is 1. The number of carbonyl (C=O) groups excluding carboxylic acids is 1. The summed E-state index contributed by atoms with van der Waals surface area (Å²) < 4.78 is 24.2. The van der Waals surface area contributed by atoms with Gasteiger partial charge in [0.2, 0.25) is 0 Å². The summed E-state index contributed by atoms with van der Waals surface area (Å²) in [4.78, 5) is 22.7. The highest BCUT2D eigenvalue weighted by atomic mass is 19.1. The highest BCUT2D eigenvalue weighted by Gasteiger charge is 2.19. The van der Waals surface area contributed by atoms with Gasteiger partial charge < -0.3 is 19.9 Å². The first-order valence-electron chi connectivity index (χ1n) is 8.62. The molecular formula is C20H22FNO5. The molecule has 0 spiro atoms. The summed E-state index contributed by atoms with van der Waals surface area (Å²) in [5, 5.41) is 11.4. The predicted octanol–water partition coefficient (Wildman–Crippen LogP) is 2.81. The first-order valence-corrected chi connectivity index (χ1v) is 8.62. The predicted molar refractivity (Wildman–Crippen MR) is 97.4 cm³/mol. The van der Waals surface area contributed by atoms with E-state index in [1.54, 1.807) is 43.3 Å². The van der Waals surface area contributed by atoms with Crippen molar-refractivity contribution < 1.29 is 28.6 Å². The lowest BCUT2D eigenvalue weighted by Crippen LogP contribution is -2.39. The van der Waals surface area contributed by atoms with Gasteiger partial charge in [-0.1, -0.05) is 31.2 Å². The summed E-state index contributed by atoms with van der Waals surface area (Å²) in [6, 6.07) is 12.9. The van der Waals surface area contributed by atoms with Crippen LogP contribution in [0.25, 0.3) is 0 Å². The first-order chi connectivity index (χ1) is 13.0. The Labute approximate surface area is 156 Å². The van der Waals surface area contributed by atoms with Crippen LogP contribution in [0.15, 0.2) is 48.5 Å². The fourth-order valence-corrected chi connectivity index (χ4v) is 2.36. The number of amides is 1. The minimum atomic E-state index is -1.04. The van der Waals surface area contributed by atoms with Gasteiger partial charge in [0, 0.05) is 6.54 Å². The maximum absolute atomic E-state index is 13.7. The van der Waals surface area contributed by atoms with Gasteiger partial charge in [0.1, 0.15) is 5.75 Å². The highest BCUT2D eigenvalue weighted by molar-refractivity contribution is 5.81. The molecule has 2 aromatic carbocycles. The smallest absolute Gasteiger partial charge is 0.341 e. The van der Waals surface area contributed by atoms with Crippen molar-refractivity contribution in [1.82, 2.24) is 5.32 Å². The molecule has 1 unspecified atom stereocenters. The van der Waals surface area contributed by atoms with Crippen molar-refractivity contribution in [3.63, 3.8) is 0 Å². The lowest BCUT2D eigenvalue weighted by Gasteiger charge is -2.17. The molecule has 0 fully saturated rings. The number of halogens is 1. The molecule has 0 saturated carbocycles. The topological polar surface area (TPSA) is 84.9 Å². The number of nitrogens with one attached hydrogen (secondary N) is 1. The fourth-order valence-electron chi connectivity index (χ4n) is 2.36. The Morgan fingerprint density at radius 3 is 2.48 bits per heavy atom. The molecule has 27 heavy (non-hydrogen) atoms. The number of hydrogen-bond donors (Lipinski definition) is 2. The Balaban J connectivity index is 1.80. The van der Waals surface area contributed by atoms with Crippen LogP contribution in [0.2, 0.25) is 0 Å². The summed E-state index contributed by atoms with van der Waals surface area (Å²) in [5.74, 6) is -1.33. The zero-order valence-electron chi connectivity index (χ0n) is 15.0. The van der Waals surface area contributed by atoms with Gasteiger partial charge in [-0.3, -0.25) is 4.79 Å². The summed E-state index contributed by atoms with van der Waals surface area (Å²) >= 11 is 0. The van der Waals surface area contributed by atoms with Crippen LogP contribution in [0.5, 0.6) is 11.5 Å². The molecule has 144 valence electrons. The number of carbonyl (C=O) groups is 2. The van der Waals surface area contributed by atoms with E-state index in [0.717, 1.165) is 5.56 Å². The normalized spacial score (nSPS) is 11.5. The highest BCUT2D eigenvalue weighted by Crippen LogP contribution is 2.18. The van der Waals surface area contributed by atoms with E-state index in [0.29, 0.717) is 25.1 Å². The summed E-state index contributed by atoms with van der Waals surface area (Å²) in [5.41, 5.74) is 0.959. The molecule has 6 nitrogen and oxygen atoms in total. The SMILES string of the molecule is CCC(Oc1ccccc1F)C(=O)NCCc1ccc(OCC(=O)O)cc1. The number of ether oxygens (including phenoxy) is 2. The van der Waals surface area contributed by atoms with Gasteiger partial charge in [-0.25, -0.2) is 9.18 Å². The van der Waals surface area contributed by atoms with Gasteiger partial charge in [0.15, 0.2) is 24.3 Å². The molecule has 2 N–H and O–H groups in total. The number of carboxylic acids is 1. The van der Waals surface area contributed by atoms with Gasteiger partial charge in [-0.15, -0.1) is 0 Å². The van der Waals surface area contributed by atoms with E-state index in [2.05, 4.69) is 5.32 Å². The van der Waals surface area contributed by atoms with Crippen LogP contribution in [-0.4, -0.2) is 36.2 Å². The molecule has 0 aliphatic rings. The standard InChI is InChI=1S/C20H22FNO5/c1-2-17(27-18-6-4-3-5-16(18)21)20(25)22-12-11-14-7-9-15(10-8-14)26-13-19(23)24/h3-10,17H,2,11-13H2,1H3,(H,22,25)(H,23,24). The lowest BCUT2D eigenvalue weighted by atomic mass is 10.1. The van der Waals surface area contributed by atoms with Crippen LogP contribution in [-0.2, 0) is 16.0 Å². The van der Waals surface area contributed by atoms with Gasteiger partial charge in [-0.2, -0.15) is 0 Å². The van der Waals surface area contributed by atoms with E-state index in [9.17, 15) is 14.0 Å². The molecule has 0 aromatic heterocycles. The van der Waals surface area contributed by atoms with Crippen molar-refractivity contribution in [3.05, 3.63) is 59.9 Å². The second kappa shape index (κ2) is 10.2. The molecule has 1 atom stereocenters. The van der Waals surface area contributed by atoms with Crippen LogP contribution in [0.3, 0.4) is 0 Å². The summed E-state index contributed by atoms with van der Waals surface area (Å²) in [6.07, 6.45) is 0.227. The molecule has 0 aliphatic heterocycles. The zero-order chi connectivity index (χ0) is 19.6. The Morgan fingerprint density at radius 2 is 1.85 bits per heavy atom. The minimum absolute atomic E-state index is 0.0523. The maximum atomic E-state index is 13.7. The van der Waals surface area contributed by atoms with E-state index in [4.69, 9.17) is 14.6 Å². The van der Waals surface area contributed by atoms with Crippen molar-refractivity contribution in [1.29, 1.82) is 0 Å². The number of para-hydroxylation sites is 1. The monoisotopic (exact) mass is 375 g/mol. The van der Waals surface area contributed by atoms with Crippen LogP contribution >= 0.6 is 0 Å². The molecule has 7 heteroatoms. The second-order valence-electron chi connectivity index (χ2n) is 5.81. The lowest BCUT2D eigenvalue weighted by molar-refractivity contribution is -0.139. The van der Waals surface area contributed by atoms with Crippen molar-refractivity contribution in [2.75, 3.05) is 13.2 Å². The quantitative estimate of drug-likeness (QED) is 0.667. The van der Waals surface area contributed by atoms with E-state index < -0.39 is 24.5 Å². The van der Waals surface area contributed by atoms with E-state index >= 15 is 0 Å². The van der Waals surface area contributed by atoms with Crippen molar-refractivity contribution in [2.24, 2.45) is 0 Å². The van der Waals surface area contributed by atoms with Gasteiger partial charge in [0.05, 0.1) is 0 Å². The molecular weight excluding hydrogens is 353 g/mol. The Bertz CT molecular complexity index is 763. The van der Waals surface area contributed by atoms with Gasteiger partial charge in [-0.05, 0) is 42.7 Å². The molecule has 0 bridgehead atoms. The minimum Gasteiger partial charge on any atom is -0.482 e. The average Bonchev–Trinajstić information content (AvgIpc) is 2.66. The molecule has 0 saturated heterocycles. The fraction of sp³-hybridized carbons (Fsp3) is 0.300. The number of benzene rings is 2. The largest absolute Gasteiger partial charge is 0.482 e. The van der Waals surface area contributed by atoms with Crippen molar-refractivity contribution >= 4 is 11.9 Å². The summed E-state index contributed by atoms with van der Waals surface area (Å²) in [7, 11) is 0. The molecule has 0 heterocycles. The third-order valence-electron chi connectivity index (χ3n) is 3.77. The average molecular weight is 375 g/mol. The molecule has 0 radical (unpaired) electrons. The van der Waals surface area contributed by atoms with E-state index in [1.807, 2.05) is 0 Å². The zero-order valence-corrected chi connectivity index (χ0v) is 15.0. The Hall–Kier alpha value is -3.09. The molecule has 2 rings (SSSR count). The summed E-state index contributed by atoms with van der Waals surface area (Å²) in [6.45, 7) is 1.79. The Kier molecular flexibility index (Phi) is 7.61. The molecule has 2 aromatic rings. The number of carboxylic acid groups (broad SMARTS) is 1. The first kappa shape index (κ1) is 20.2. The van der Waals surface area contributed by atoms with Crippen LogP contribution < -0.4 is 14.8 Å². The van der Waals surface area contributed by atoms with Crippen molar-refractivity contribution in [3.8, 4) is 11.5 Å². The third-order valence-corrected chi connectivity index (χ3v) is 3.77. The maximum Gasteiger partial charge on any atom is 0.341 e. The Morgan fingerprint density at radius 1 is 1.15 bits per heavy atom. The molecule has 0 aliphatic carbocycles. The van der Waals surface area contributed by atoms with E-state index in [1.165, 1.54) is 12.1 Å². The van der Waals surface area contributed by atoms with Crippen LogP contribution in [0.1, 0.15) is 18.9 Å². The third kappa shape index (κ3) is 6.62. The molecule has 1 amide bonds. The van der Waals surface area contributed by atoms with E-state index in [-0.39, 0.29) is 11.7 Å². The van der Waals surface area contributed by atoms with Crippen molar-refractivity contribution in [2.45, 2.75) is 25.9 Å². The second-order valence-corrected chi connectivity index (χ2v) is 5.81. The van der Waals surface area contributed by atoms with Gasteiger partial charge >= 0.3 is 5.97 Å².